The van der Waals surface area contributed by atoms with Crippen LogP contribution in [0.25, 0.3) is 11.4 Å². The summed E-state index contributed by atoms with van der Waals surface area (Å²) in [6.07, 6.45) is -1.55. The number of hydrogen-bond acceptors (Lipinski definition) is 13. The molecular formula is C47H61N9O10S2Si. The molecule has 22 heteroatoms. The zero-order valence-electron chi connectivity index (χ0n) is 39.7. The molecular weight excluding hydrogens is 943 g/mol. The van der Waals surface area contributed by atoms with E-state index in [0.717, 1.165) is 5.56 Å². The van der Waals surface area contributed by atoms with E-state index in [1.807, 2.05) is 63.0 Å². The van der Waals surface area contributed by atoms with Crippen LogP contribution in [0.15, 0.2) is 107 Å². The standard InChI is InChI=1S/C47H61N9O10S2Si/c1-47(2,3)69(5,6)66-38(27-48-45(57)58)28-49-67(60,61)41-22-21-40(54-25-23-36(24-26-54)39-32-65-46(59)50-39)42(44-51-53-56(52-44)31-35-17-19-37(64-4)20-18-35)43(41)68(62,63)55(29-33-13-9-7-10-14-33)30-34-15-11-8-12-16-34/h7-22,36,38-39,48-49H,23-32H2,1-6H3,(H,50,59)(H,57,58). The van der Waals surface area contributed by atoms with Crippen LogP contribution in [-0.4, -0.2) is 119 Å². The molecule has 19 nitrogen and oxygen atoms in total. The second-order valence-corrected chi connectivity index (χ2v) is 27.1. The number of nitrogens with zero attached hydrogens (tertiary/aromatic N) is 6. The van der Waals surface area contributed by atoms with Gasteiger partial charge in [0.15, 0.2) is 8.32 Å². The van der Waals surface area contributed by atoms with Crippen molar-refractivity contribution in [2.24, 2.45) is 5.92 Å². The Kier molecular flexibility index (Phi) is 15.8. The summed E-state index contributed by atoms with van der Waals surface area (Å²) in [7, 11) is -10.7. The van der Waals surface area contributed by atoms with E-state index in [9.17, 15) is 14.7 Å². The topological polar surface area (TPSA) is 237 Å². The predicted octanol–water partition coefficient (Wildman–Crippen LogP) is 6.05. The van der Waals surface area contributed by atoms with E-state index in [1.54, 1.807) is 73.8 Å². The quantitative estimate of drug-likeness (QED) is 0.0650. The summed E-state index contributed by atoms with van der Waals surface area (Å²) in [5.74, 6) is 0.586. The van der Waals surface area contributed by atoms with Crippen molar-refractivity contribution in [3.63, 3.8) is 0 Å². The number of hydrogen-bond donors (Lipinski definition) is 4. The fourth-order valence-electron chi connectivity index (χ4n) is 8.16. The van der Waals surface area contributed by atoms with E-state index in [-0.39, 0.29) is 61.2 Å². The number of aromatic nitrogens is 4. The maximum atomic E-state index is 16.0. The lowest BCUT2D eigenvalue weighted by Crippen LogP contribution is -2.50. The second-order valence-electron chi connectivity index (χ2n) is 18.7. The number of methoxy groups -OCH3 is 1. The number of piperidine rings is 1. The van der Waals surface area contributed by atoms with Gasteiger partial charge in [-0.25, -0.2) is 31.1 Å². The highest BCUT2D eigenvalue weighted by Crippen LogP contribution is 2.43. The van der Waals surface area contributed by atoms with Crippen LogP contribution in [0.4, 0.5) is 15.3 Å². The average Bonchev–Trinajstić information content (AvgIpc) is 3.98. The smallest absolute Gasteiger partial charge is 0.407 e. The minimum Gasteiger partial charge on any atom is -0.497 e. The Balaban J connectivity index is 1.40. The molecule has 370 valence electrons. The van der Waals surface area contributed by atoms with Crippen LogP contribution in [-0.2, 0) is 48.8 Å². The van der Waals surface area contributed by atoms with Crippen molar-refractivity contribution >= 4 is 46.2 Å². The minimum absolute atomic E-state index is 0.0658. The maximum absolute atomic E-state index is 16.0. The molecule has 0 saturated carbocycles. The number of anilines is 1. The summed E-state index contributed by atoms with van der Waals surface area (Å²) < 4.78 is 83.3. The van der Waals surface area contributed by atoms with Crippen molar-refractivity contribution in [3.05, 3.63) is 114 Å². The van der Waals surface area contributed by atoms with Gasteiger partial charge in [-0.1, -0.05) is 93.6 Å². The van der Waals surface area contributed by atoms with E-state index in [2.05, 4.69) is 25.7 Å². The molecule has 2 aliphatic heterocycles. The Morgan fingerprint density at radius 1 is 0.913 bits per heavy atom. The predicted molar refractivity (Wildman–Crippen MR) is 261 cm³/mol. The van der Waals surface area contributed by atoms with Crippen molar-refractivity contribution in [3.8, 4) is 17.1 Å². The fraction of sp³-hybridized carbons (Fsp3) is 0.426. The lowest BCUT2D eigenvalue weighted by Gasteiger charge is -2.39. The number of benzene rings is 4. The summed E-state index contributed by atoms with van der Waals surface area (Å²) in [5.41, 5.74) is 2.40. The molecule has 2 unspecified atom stereocenters. The number of alkyl carbamates (subject to hydrolysis) is 1. The molecule has 0 aliphatic carbocycles. The molecule has 2 amide bonds. The van der Waals surface area contributed by atoms with Gasteiger partial charge in [0.25, 0.3) is 0 Å². The van der Waals surface area contributed by atoms with E-state index in [0.29, 0.717) is 48.5 Å². The average molecular weight is 1000 g/mol. The van der Waals surface area contributed by atoms with Gasteiger partial charge >= 0.3 is 12.2 Å². The van der Waals surface area contributed by atoms with Crippen LogP contribution >= 0.6 is 0 Å². The summed E-state index contributed by atoms with van der Waals surface area (Å²) >= 11 is 0. The molecule has 5 aromatic rings. The number of tetrazole rings is 1. The van der Waals surface area contributed by atoms with Gasteiger partial charge in [-0.2, -0.15) is 9.10 Å². The lowest BCUT2D eigenvalue weighted by molar-refractivity contribution is 0.163. The third-order valence-electron chi connectivity index (χ3n) is 12.9. The van der Waals surface area contributed by atoms with E-state index >= 15 is 16.8 Å². The molecule has 7 rings (SSSR count). The Morgan fingerprint density at radius 3 is 2.09 bits per heavy atom. The Morgan fingerprint density at radius 2 is 1.54 bits per heavy atom. The first-order valence-corrected chi connectivity index (χ1v) is 28.6. The van der Waals surface area contributed by atoms with Crippen LogP contribution in [0.1, 0.15) is 50.3 Å². The van der Waals surface area contributed by atoms with Crippen LogP contribution < -0.4 is 25.0 Å². The number of amides is 2. The number of rotatable bonds is 20. The zero-order chi connectivity index (χ0) is 49.6. The van der Waals surface area contributed by atoms with Crippen molar-refractivity contribution in [1.29, 1.82) is 0 Å². The number of nitrogens with one attached hydrogen (secondary N) is 3. The van der Waals surface area contributed by atoms with E-state index < -0.39 is 63.0 Å². The van der Waals surface area contributed by atoms with Crippen molar-refractivity contribution < 1.29 is 45.4 Å². The Bertz CT molecular complexity index is 2750. The molecule has 0 bridgehead atoms. The maximum Gasteiger partial charge on any atom is 0.407 e. The fourth-order valence-corrected chi connectivity index (χ4v) is 13.0. The number of carboxylic acid groups (broad SMARTS) is 1. The van der Waals surface area contributed by atoms with Crippen molar-refractivity contribution in [2.45, 2.75) is 93.3 Å². The number of sulfonamides is 2. The van der Waals surface area contributed by atoms with E-state index in [1.165, 1.54) is 15.2 Å². The van der Waals surface area contributed by atoms with Crippen LogP contribution in [0, 0.1) is 5.92 Å². The molecule has 2 saturated heterocycles. The van der Waals surface area contributed by atoms with Gasteiger partial charge in [0.2, 0.25) is 25.9 Å². The van der Waals surface area contributed by atoms with Crippen molar-refractivity contribution in [2.75, 3.05) is 44.8 Å². The number of carbonyl (C=O) groups excluding carboxylic acids is 1. The highest BCUT2D eigenvalue weighted by atomic mass is 32.2. The Labute approximate surface area is 404 Å². The monoisotopic (exact) mass is 1000 g/mol. The third-order valence-corrected chi connectivity index (χ3v) is 21.0. The van der Waals surface area contributed by atoms with Crippen LogP contribution in [0.3, 0.4) is 0 Å². The van der Waals surface area contributed by atoms with Gasteiger partial charge in [-0.05, 0) is 83.1 Å². The highest BCUT2D eigenvalue weighted by Gasteiger charge is 2.42. The molecule has 4 N–H and O–H groups in total. The summed E-state index contributed by atoms with van der Waals surface area (Å²) in [6, 6.07) is 28.0. The molecule has 2 aliphatic rings. The lowest BCUT2D eigenvalue weighted by atomic mass is 9.89. The molecule has 2 atom stereocenters. The van der Waals surface area contributed by atoms with Crippen LogP contribution in [0.5, 0.6) is 5.75 Å². The Hall–Kier alpha value is -5.91. The molecule has 0 spiro atoms. The minimum atomic E-state index is -4.87. The largest absolute Gasteiger partial charge is 0.497 e. The van der Waals surface area contributed by atoms with Gasteiger partial charge in [-0.3, -0.25) is 0 Å². The summed E-state index contributed by atoms with van der Waals surface area (Å²) in [4.78, 5) is 25.9. The van der Waals surface area contributed by atoms with Crippen molar-refractivity contribution in [1.82, 2.24) is 39.9 Å². The molecule has 2 fully saturated rings. The molecule has 69 heavy (non-hydrogen) atoms. The molecule has 4 aromatic carbocycles. The number of cyclic esters (lactones) is 1. The van der Waals surface area contributed by atoms with Gasteiger partial charge < -0.3 is 34.5 Å². The molecule has 0 radical (unpaired) electrons. The number of carbonyl (C=O) groups is 2. The van der Waals surface area contributed by atoms with Gasteiger partial charge in [0, 0.05) is 45.0 Å². The SMILES string of the molecule is COc1ccc(Cn2nnc(-c3c(N4CCC(C5COC(=O)N5)CC4)ccc(S(=O)(=O)NCC(CNC(=O)O)O[Si](C)(C)C(C)(C)C)c3S(=O)(=O)N(Cc3ccccc3)Cc3ccccc3)n2)cc1. The normalized spacial score (nSPS) is 16.5. The third kappa shape index (κ3) is 12.5. The number of ether oxygens (including phenoxy) is 2. The summed E-state index contributed by atoms with van der Waals surface area (Å²) in [6.45, 7) is 10.3. The molecule has 3 heterocycles. The summed E-state index contributed by atoms with van der Waals surface area (Å²) in [5, 5.41) is 28.0. The zero-order valence-corrected chi connectivity index (χ0v) is 42.3. The molecule has 1 aromatic heterocycles. The van der Waals surface area contributed by atoms with Gasteiger partial charge in [0.1, 0.15) is 22.1 Å². The first-order chi connectivity index (χ1) is 32.7. The van der Waals surface area contributed by atoms with Gasteiger partial charge in [0.05, 0.1) is 31.4 Å². The van der Waals surface area contributed by atoms with Crippen LogP contribution in [0.2, 0.25) is 18.1 Å². The van der Waals surface area contributed by atoms with Gasteiger partial charge in [-0.15, -0.1) is 10.2 Å². The highest BCUT2D eigenvalue weighted by molar-refractivity contribution is 7.92. The first kappa shape index (κ1) is 51.0. The second kappa shape index (κ2) is 21.4. The first-order valence-electron chi connectivity index (χ1n) is 22.7. The van der Waals surface area contributed by atoms with E-state index in [4.69, 9.17) is 19.0 Å².